The number of nitrogens with zero attached hydrogens (tertiary/aromatic N) is 2. The molecule has 120 valence electrons. The first-order valence-corrected chi connectivity index (χ1v) is 7.98. The van der Waals surface area contributed by atoms with Gasteiger partial charge in [0.15, 0.2) is 0 Å². The topological polar surface area (TPSA) is 61.7 Å². The van der Waals surface area contributed by atoms with Crippen LogP contribution in [0.15, 0.2) is 42.5 Å². The summed E-state index contributed by atoms with van der Waals surface area (Å²) in [5, 5.41) is 10.1. The molecule has 4 nitrogen and oxygen atoms in total. The van der Waals surface area contributed by atoms with Crippen molar-refractivity contribution in [3.05, 3.63) is 58.9 Å². The number of aromatic amines is 1. The number of aromatic nitrogens is 2. The molecule has 0 radical (unpaired) electrons. The van der Waals surface area contributed by atoms with E-state index >= 15 is 0 Å². The minimum Gasteiger partial charge on any atom is -0.490 e. The summed E-state index contributed by atoms with van der Waals surface area (Å²) in [6.45, 7) is 3.90. The van der Waals surface area contributed by atoms with Crippen LogP contribution >= 0.6 is 11.6 Å². The first-order valence-electron chi connectivity index (χ1n) is 7.60. The van der Waals surface area contributed by atoms with Crippen LogP contribution in [0.4, 0.5) is 0 Å². The Morgan fingerprint density at radius 3 is 2.79 bits per heavy atom. The maximum absolute atomic E-state index is 9.56. The van der Waals surface area contributed by atoms with Crippen LogP contribution < -0.4 is 4.74 Å². The second kappa shape index (κ2) is 6.77. The lowest BCUT2D eigenvalue weighted by Crippen LogP contribution is -2.06. The number of hydrogen-bond acceptors (Lipinski definition) is 3. The molecular weight excluding hydrogens is 322 g/mol. The lowest BCUT2D eigenvalue weighted by atomic mass is 10.1. The molecule has 1 heterocycles. The molecule has 0 bridgehead atoms. The van der Waals surface area contributed by atoms with Crippen molar-refractivity contribution in [1.29, 1.82) is 5.26 Å². The van der Waals surface area contributed by atoms with Crippen LogP contribution in [0, 0.1) is 11.3 Å². The fourth-order valence-corrected chi connectivity index (χ4v) is 2.56. The van der Waals surface area contributed by atoms with Crippen LogP contribution in [-0.4, -0.2) is 16.1 Å². The van der Waals surface area contributed by atoms with E-state index in [-0.39, 0.29) is 6.10 Å². The van der Waals surface area contributed by atoms with E-state index in [0.717, 1.165) is 16.6 Å². The molecule has 3 aromatic rings. The normalized spacial score (nSPS) is 11.7. The van der Waals surface area contributed by atoms with E-state index in [1.807, 2.05) is 44.2 Å². The Labute approximate surface area is 145 Å². The fraction of sp³-hybridized carbons (Fsp3) is 0.158. The van der Waals surface area contributed by atoms with E-state index in [1.165, 1.54) is 0 Å². The predicted molar refractivity (Wildman–Crippen MR) is 96.8 cm³/mol. The van der Waals surface area contributed by atoms with Crippen molar-refractivity contribution < 1.29 is 4.74 Å². The lowest BCUT2D eigenvalue weighted by molar-refractivity contribution is 0.242. The van der Waals surface area contributed by atoms with E-state index in [1.54, 1.807) is 18.2 Å². The number of nitriles is 1. The van der Waals surface area contributed by atoms with Crippen molar-refractivity contribution in [2.45, 2.75) is 20.0 Å². The molecule has 0 amide bonds. The summed E-state index contributed by atoms with van der Waals surface area (Å²) >= 11 is 6.10. The lowest BCUT2D eigenvalue weighted by Gasteiger charge is -2.12. The third-order valence-corrected chi connectivity index (χ3v) is 3.63. The maximum atomic E-state index is 9.56. The van der Waals surface area contributed by atoms with E-state index in [4.69, 9.17) is 16.3 Å². The zero-order valence-electron chi connectivity index (χ0n) is 13.4. The van der Waals surface area contributed by atoms with Gasteiger partial charge in [-0.2, -0.15) is 5.26 Å². The summed E-state index contributed by atoms with van der Waals surface area (Å²) in [5.74, 6) is 1.20. The number of imidazole rings is 1. The molecule has 0 aliphatic heterocycles. The Bertz CT molecular complexity index is 918. The molecule has 0 aliphatic carbocycles. The van der Waals surface area contributed by atoms with Crippen molar-refractivity contribution in [2.75, 3.05) is 0 Å². The predicted octanol–water partition coefficient (Wildman–Crippen LogP) is 5.07. The van der Waals surface area contributed by atoms with Gasteiger partial charge in [-0.15, -0.1) is 0 Å². The van der Waals surface area contributed by atoms with Crippen LogP contribution in [0.5, 0.6) is 5.75 Å². The van der Waals surface area contributed by atoms with Crippen LogP contribution in [0.3, 0.4) is 0 Å². The number of rotatable bonds is 4. The molecule has 0 unspecified atom stereocenters. The number of fused-ring (bicyclic) bond motifs is 1. The molecule has 0 spiro atoms. The Kier molecular flexibility index (Phi) is 4.54. The van der Waals surface area contributed by atoms with E-state index in [9.17, 15) is 5.26 Å². The first kappa shape index (κ1) is 16.1. The largest absolute Gasteiger partial charge is 0.490 e. The highest BCUT2D eigenvalue weighted by molar-refractivity contribution is 6.30. The molecule has 1 aromatic heterocycles. The molecule has 0 saturated heterocycles. The first-order chi connectivity index (χ1) is 11.6. The molecule has 0 atom stereocenters. The highest BCUT2D eigenvalue weighted by Crippen LogP contribution is 2.28. The Morgan fingerprint density at radius 1 is 1.29 bits per heavy atom. The van der Waals surface area contributed by atoms with Gasteiger partial charge < -0.3 is 9.72 Å². The third kappa shape index (κ3) is 3.42. The SMILES string of the molecule is CC(C)Oc1ccc(Cl)cc1/C=C(/C#N)c1nc2ccccc2[nH]1. The average Bonchev–Trinajstić information content (AvgIpc) is 2.98. The van der Waals surface area contributed by atoms with Gasteiger partial charge in [0.25, 0.3) is 0 Å². The summed E-state index contributed by atoms with van der Waals surface area (Å²) in [4.78, 5) is 7.64. The second-order valence-electron chi connectivity index (χ2n) is 5.62. The van der Waals surface area contributed by atoms with Gasteiger partial charge in [-0.25, -0.2) is 4.98 Å². The summed E-state index contributed by atoms with van der Waals surface area (Å²) in [7, 11) is 0. The standard InChI is InChI=1S/C19H16ClN3O/c1-12(2)24-18-8-7-15(20)10-13(18)9-14(11-21)19-22-16-5-3-4-6-17(16)23-19/h3-10,12H,1-2H3,(H,22,23)/b14-9-. The minimum absolute atomic E-state index is 0.0232. The number of para-hydroxylation sites is 2. The van der Waals surface area contributed by atoms with Crippen molar-refractivity contribution >= 4 is 34.3 Å². The summed E-state index contributed by atoms with van der Waals surface area (Å²) in [6.07, 6.45) is 1.76. The number of ether oxygens (including phenoxy) is 1. The molecule has 0 aliphatic rings. The minimum atomic E-state index is 0.0232. The van der Waals surface area contributed by atoms with Crippen LogP contribution in [-0.2, 0) is 0 Å². The second-order valence-corrected chi connectivity index (χ2v) is 6.06. The highest BCUT2D eigenvalue weighted by atomic mass is 35.5. The highest BCUT2D eigenvalue weighted by Gasteiger charge is 2.11. The van der Waals surface area contributed by atoms with Gasteiger partial charge in [0, 0.05) is 10.6 Å². The van der Waals surface area contributed by atoms with Crippen molar-refractivity contribution in [2.24, 2.45) is 0 Å². The number of allylic oxidation sites excluding steroid dienone is 1. The van der Waals surface area contributed by atoms with Gasteiger partial charge >= 0.3 is 0 Å². The van der Waals surface area contributed by atoms with Crippen molar-refractivity contribution in [1.82, 2.24) is 9.97 Å². The molecular formula is C19H16ClN3O. The van der Waals surface area contributed by atoms with Gasteiger partial charge in [-0.3, -0.25) is 0 Å². The Morgan fingerprint density at radius 2 is 2.08 bits per heavy atom. The summed E-state index contributed by atoms with van der Waals surface area (Å²) in [6, 6.07) is 15.2. The molecule has 0 fully saturated rings. The van der Waals surface area contributed by atoms with E-state index in [2.05, 4.69) is 16.0 Å². The van der Waals surface area contributed by atoms with Gasteiger partial charge in [0.1, 0.15) is 17.6 Å². The Balaban J connectivity index is 2.07. The average molecular weight is 338 g/mol. The van der Waals surface area contributed by atoms with Gasteiger partial charge in [-0.1, -0.05) is 23.7 Å². The van der Waals surface area contributed by atoms with Crippen molar-refractivity contribution in [3.8, 4) is 11.8 Å². The monoisotopic (exact) mass is 337 g/mol. The van der Waals surface area contributed by atoms with Crippen LogP contribution in [0.25, 0.3) is 22.7 Å². The molecule has 2 aromatic carbocycles. The zero-order chi connectivity index (χ0) is 17.1. The number of H-pyrrole nitrogens is 1. The number of nitrogens with one attached hydrogen (secondary N) is 1. The molecule has 5 heteroatoms. The molecule has 1 N–H and O–H groups in total. The third-order valence-electron chi connectivity index (χ3n) is 3.40. The number of benzene rings is 2. The maximum Gasteiger partial charge on any atom is 0.149 e. The number of halogens is 1. The smallest absolute Gasteiger partial charge is 0.149 e. The van der Waals surface area contributed by atoms with Gasteiger partial charge in [0.05, 0.1) is 22.7 Å². The Hall–Kier alpha value is -2.77. The fourth-order valence-electron chi connectivity index (χ4n) is 2.38. The van der Waals surface area contributed by atoms with Crippen molar-refractivity contribution in [3.63, 3.8) is 0 Å². The molecule has 0 saturated carbocycles. The van der Waals surface area contributed by atoms with E-state index in [0.29, 0.717) is 22.2 Å². The molecule has 24 heavy (non-hydrogen) atoms. The summed E-state index contributed by atoms with van der Waals surface area (Å²) < 4.78 is 5.80. The number of hydrogen-bond donors (Lipinski definition) is 1. The quantitative estimate of drug-likeness (QED) is 0.676. The van der Waals surface area contributed by atoms with Crippen LogP contribution in [0.1, 0.15) is 25.2 Å². The van der Waals surface area contributed by atoms with Crippen LogP contribution in [0.2, 0.25) is 5.02 Å². The molecule has 3 rings (SSSR count). The summed E-state index contributed by atoms with van der Waals surface area (Å²) in [5.41, 5.74) is 2.87. The van der Waals surface area contributed by atoms with E-state index < -0.39 is 0 Å². The van der Waals surface area contributed by atoms with Gasteiger partial charge in [0.2, 0.25) is 0 Å². The zero-order valence-corrected chi connectivity index (χ0v) is 14.1. The van der Waals surface area contributed by atoms with Gasteiger partial charge in [-0.05, 0) is 50.3 Å².